The van der Waals surface area contributed by atoms with Gasteiger partial charge in [0.1, 0.15) is 5.82 Å². The minimum Gasteiger partial charge on any atom is -0.481 e. The molecule has 2 aromatic carbocycles. The van der Waals surface area contributed by atoms with Crippen molar-refractivity contribution in [2.24, 2.45) is 0 Å². The number of nitrogens with zero attached hydrogens (tertiary/aromatic N) is 1. The number of aryl methyl sites for hydroxylation is 2. The molecule has 2 aliphatic carbocycles. The fraction of sp³-hybridized carbons (Fsp3) is 0.500. The molecule has 3 atom stereocenters. The van der Waals surface area contributed by atoms with Gasteiger partial charge < -0.3 is 14.7 Å². The second kappa shape index (κ2) is 14.9. The maximum atomic E-state index is 14.1. The predicted molar refractivity (Wildman–Crippen MR) is 184 cm³/mol. The number of benzene rings is 2. The van der Waals surface area contributed by atoms with Crippen LogP contribution in [0.4, 0.5) is 10.1 Å². The number of hydrogen-bond donors (Lipinski definition) is 2. The molecule has 0 amide bonds. The van der Waals surface area contributed by atoms with Gasteiger partial charge in [-0.3, -0.25) is 9.35 Å². The third-order valence-electron chi connectivity index (χ3n) is 10.1. The number of allylic oxidation sites excluding steroid dienone is 1. The Bertz CT molecular complexity index is 1680. The number of fused-ring (bicyclic) bond motifs is 3. The Labute approximate surface area is 279 Å². The zero-order valence-corrected chi connectivity index (χ0v) is 28.6. The highest BCUT2D eigenvalue weighted by atomic mass is 32.2. The van der Waals surface area contributed by atoms with Crippen LogP contribution < -0.4 is 4.90 Å². The number of ether oxygens (including phenoxy) is 1. The van der Waals surface area contributed by atoms with Crippen molar-refractivity contribution >= 4 is 21.8 Å². The number of carboxylic acid groups (broad SMARTS) is 1. The van der Waals surface area contributed by atoms with E-state index in [2.05, 4.69) is 44.2 Å². The van der Waals surface area contributed by atoms with Gasteiger partial charge in [0.25, 0.3) is 10.1 Å². The third kappa shape index (κ3) is 8.24. The Morgan fingerprint density at radius 2 is 1.89 bits per heavy atom. The first-order valence-electron chi connectivity index (χ1n) is 17.0. The fourth-order valence-corrected chi connectivity index (χ4v) is 8.39. The summed E-state index contributed by atoms with van der Waals surface area (Å²) < 4.78 is 53.5. The predicted octanol–water partition coefficient (Wildman–Crippen LogP) is 8.24. The summed E-state index contributed by atoms with van der Waals surface area (Å²) in [6.07, 6.45) is 12.4. The van der Waals surface area contributed by atoms with Crippen LogP contribution in [0.1, 0.15) is 94.7 Å². The molecule has 2 N–H and O–H groups in total. The van der Waals surface area contributed by atoms with Crippen LogP contribution in [-0.2, 0) is 31.5 Å². The summed E-state index contributed by atoms with van der Waals surface area (Å²) >= 11 is 0. The van der Waals surface area contributed by atoms with Gasteiger partial charge in [-0.2, -0.15) is 8.42 Å². The summed E-state index contributed by atoms with van der Waals surface area (Å²) in [7, 11) is -4.13. The zero-order valence-electron chi connectivity index (χ0n) is 27.8. The lowest BCUT2D eigenvalue weighted by Crippen LogP contribution is -2.38. The lowest BCUT2D eigenvalue weighted by Gasteiger charge is -2.44. The molecule has 1 aliphatic heterocycles. The Hall–Kier alpha value is -3.27. The van der Waals surface area contributed by atoms with E-state index in [0.717, 1.165) is 68.2 Å². The van der Waals surface area contributed by atoms with Crippen LogP contribution in [0.3, 0.4) is 0 Å². The molecule has 0 saturated carbocycles. The molecule has 0 fully saturated rings. The average Bonchev–Trinajstić information content (AvgIpc) is 3.14. The molecule has 47 heavy (non-hydrogen) atoms. The number of rotatable bonds is 13. The number of aliphatic carboxylic acids is 1. The van der Waals surface area contributed by atoms with Crippen LogP contribution in [0, 0.1) is 12.7 Å². The molecule has 2 aromatic rings. The van der Waals surface area contributed by atoms with E-state index < -0.39 is 16.1 Å². The average molecular weight is 666 g/mol. The third-order valence-corrected chi connectivity index (χ3v) is 10.9. The number of hydrogen-bond acceptors (Lipinski definition) is 5. The summed E-state index contributed by atoms with van der Waals surface area (Å²) in [6.45, 7) is 6.60. The summed E-state index contributed by atoms with van der Waals surface area (Å²) in [4.78, 5) is 13.1. The monoisotopic (exact) mass is 665 g/mol. The van der Waals surface area contributed by atoms with Crippen molar-refractivity contribution in [2.45, 2.75) is 109 Å². The first-order chi connectivity index (χ1) is 22.4. The van der Waals surface area contributed by atoms with Gasteiger partial charge >= 0.3 is 5.97 Å². The topological polar surface area (TPSA) is 104 Å². The van der Waals surface area contributed by atoms with E-state index >= 15 is 0 Å². The molecule has 5 rings (SSSR count). The summed E-state index contributed by atoms with van der Waals surface area (Å²) in [5, 5.41) is 9.18. The van der Waals surface area contributed by atoms with E-state index in [1.54, 1.807) is 6.07 Å². The Kier molecular flexibility index (Phi) is 11.1. The first-order valence-corrected chi connectivity index (χ1v) is 18.6. The second-order valence-corrected chi connectivity index (χ2v) is 15.0. The van der Waals surface area contributed by atoms with Crippen molar-refractivity contribution in [1.82, 2.24) is 0 Å². The van der Waals surface area contributed by atoms with Crippen LogP contribution in [0.25, 0.3) is 0 Å². The van der Waals surface area contributed by atoms with Gasteiger partial charge in [0.15, 0.2) is 0 Å². The molecule has 3 aliphatic rings. The zero-order chi connectivity index (χ0) is 33.8. The molecule has 3 unspecified atom stereocenters. The van der Waals surface area contributed by atoms with Crippen molar-refractivity contribution in [3.8, 4) is 0 Å². The minimum atomic E-state index is -4.13. The number of unbranched alkanes of at least 4 members (excludes halogenated alkanes) is 2. The van der Waals surface area contributed by atoms with Crippen molar-refractivity contribution < 1.29 is 32.0 Å². The molecular weight excluding hydrogens is 617 g/mol. The van der Waals surface area contributed by atoms with Crippen molar-refractivity contribution in [1.29, 1.82) is 0 Å². The van der Waals surface area contributed by atoms with Crippen LogP contribution in [0.5, 0.6) is 0 Å². The van der Waals surface area contributed by atoms with Gasteiger partial charge in [-0.1, -0.05) is 56.5 Å². The summed E-state index contributed by atoms with van der Waals surface area (Å²) in [6, 6.07) is 13.3. The van der Waals surface area contributed by atoms with E-state index in [9.17, 15) is 27.3 Å². The molecule has 1 heterocycles. The van der Waals surface area contributed by atoms with E-state index in [4.69, 9.17) is 4.74 Å². The normalized spacial score (nSPS) is 23.4. The largest absolute Gasteiger partial charge is 0.481 e. The lowest BCUT2D eigenvalue weighted by molar-refractivity contribution is -0.137. The Balaban J connectivity index is 1.59. The number of carbonyl (C=O) groups is 1. The van der Waals surface area contributed by atoms with Crippen molar-refractivity contribution in [2.75, 3.05) is 17.2 Å². The molecule has 0 bridgehead atoms. The van der Waals surface area contributed by atoms with Gasteiger partial charge in [-0.05, 0) is 116 Å². The van der Waals surface area contributed by atoms with Crippen LogP contribution in [0.2, 0.25) is 0 Å². The van der Waals surface area contributed by atoms with E-state index in [0.29, 0.717) is 13.0 Å². The molecule has 7 nitrogen and oxygen atoms in total. The number of anilines is 1. The lowest BCUT2D eigenvalue weighted by atomic mass is 9.64. The van der Waals surface area contributed by atoms with E-state index in [-0.39, 0.29) is 42.0 Å². The summed E-state index contributed by atoms with van der Waals surface area (Å²) in [5.74, 6) is -1.47. The molecule has 0 spiro atoms. The number of halogens is 1. The molecule has 0 radical (unpaired) electrons. The maximum Gasteiger partial charge on any atom is 0.303 e. The molecule has 254 valence electrons. The molecular formula is C38H48FNO6S. The van der Waals surface area contributed by atoms with Gasteiger partial charge in [0.05, 0.1) is 18.0 Å². The minimum absolute atomic E-state index is 0.0482. The van der Waals surface area contributed by atoms with E-state index in [1.165, 1.54) is 40.0 Å². The van der Waals surface area contributed by atoms with Gasteiger partial charge in [0.2, 0.25) is 0 Å². The molecule has 0 saturated heterocycles. The second-order valence-electron chi connectivity index (χ2n) is 13.5. The van der Waals surface area contributed by atoms with Gasteiger partial charge in [0, 0.05) is 30.3 Å². The van der Waals surface area contributed by atoms with Gasteiger partial charge in [-0.25, -0.2) is 4.39 Å². The highest BCUT2D eigenvalue weighted by Gasteiger charge is 2.43. The Morgan fingerprint density at radius 3 is 2.62 bits per heavy atom. The van der Waals surface area contributed by atoms with Crippen LogP contribution in [0.15, 0.2) is 77.0 Å². The van der Waals surface area contributed by atoms with Gasteiger partial charge in [-0.15, -0.1) is 0 Å². The van der Waals surface area contributed by atoms with Crippen molar-refractivity contribution in [3.63, 3.8) is 0 Å². The smallest absolute Gasteiger partial charge is 0.303 e. The number of carboxylic acids is 1. The molecule has 9 heteroatoms. The molecule has 0 aromatic heterocycles. The van der Waals surface area contributed by atoms with Crippen molar-refractivity contribution in [3.05, 3.63) is 99.5 Å². The summed E-state index contributed by atoms with van der Waals surface area (Å²) in [5.41, 5.74) is 8.91. The fourth-order valence-electron chi connectivity index (χ4n) is 7.90. The van der Waals surface area contributed by atoms with E-state index in [1.807, 2.05) is 18.0 Å². The Morgan fingerprint density at radius 1 is 1.11 bits per heavy atom. The quantitative estimate of drug-likeness (QED) is 0.164. The SMILES string of the molecule is CCC1OC2CCC3=C(C2=CC1=CN(CCCS(=O)(=O)O)c1ccc(F)cc1C)C(C)(CCCCCC(=O)O)c1ccccc1CC3. The highest BCUT2D eigenvalue weighted by Crippen LogP contribution is 2.52. The maximum absolute atomic E-state index is 14.1. The van der Waals surface area contributed by atoms with Crippen LogP contribution in [-0.4, -0.2) is 48.6 Å². The van der Waals surface area contributed by atoms with Crippen LogP contribution >= 0.6 is 0 Å². The highest BCUT2D eigenvalue weighted by molar-refractivity contribution is 7.85. The standard InChI is InChI=1S/C38H48FNO6S/c1-4-34-29(25-40(21-10-22-47(43,44)45)33-18-17-30(39)23-26(33)2)24-31-35(46-34)19-16-28-15-14-27-11-7-8-12-32(27)38(3,37(28)31)20-9-5-6-13-36(41)42/h7-8,11-12,17-18,23-25,34-35H,4-6,9-10,13-16,19-22H2,1-3H3,(H,41,42)(H,43,44,45). The first kappa shape index (κ1) is 35.0.